The summed E-state index contributed by atoms with van der Waals surface area (Å²) in [5.41, 5.74) is 7.56. The van der Waals surface area contributed by atoms with Crippen LogP contribution in [0, 0.1) is 0 Å². The number of hydrogen-bond donors (Lipinski definition) is 0. The summed E-state index contributed by atoms with van der Waals surface area (Å²) in [4.78, 5) is 0. The number of fused-ring (bicyclic) bond motifs is 9. The fourth-order valence-corrected chi connectivity index (χ4v) is 10.5. The van der Waals surface area contributed by atoms with Gasteiger partial charge in [-0.05, 0) is 102 Å². The first kappa shape index (κ1) is 28.1. The highest BCUT2D eigenvalue weighted by Crippen LogP contribution is 2.46. The van der Waals surface area contributed by atoms with Crippen LogP contribution in [0.25, 0.3) is 106 Å². The topological polar surface area (TPSA) is 0 Å². The van der Waals surface area contributed by atoms with Gasteiger partial charge in [-0.2, -0.15) is 0 Å². The van der Waals surface area contributed by atoms with E-state index in [1.54, 1.807) is 0 Å². The van der Waals surface area contributed by atoms with Crippen LogP contribution in [0.2, 0.25) is 0 Å². The van der Waals surface area contributed by atoms with E-state index in [1.165, 1.54) is 106 Å². The molecule has 0 aliphatic heterocycles. The highest BCUT2D eigenvalue weighted by molar-refractivity contribution is 7.28. The van der Waals surface area contributed by atoms with Crippen molar-refractivity contribution in [3.8, 4) is 33.4 Å². The van der Waals surface area contributed by atoms with Gasteiger partial charge in [-0.1, -0.05) is 133 Å². The molecular weight excluding hydrogens is 641 g/mol. The van der Waals surface area contributed by atoms with E-state index >= 15 is 0 Å². The van der Waals surface area contributed by atoms with Gasteiger partial charge in [-0.25, -0.2) is 0 Å². The van der Waals surface area contributed by atoms with E-state index in [2.05, 4.69) is 170 Å². The molecule has 0 unspecified atom stereocenters. The Labute approximate surface area is 297 Å². The van der Waals surface area contributed by atoms with Crippen LogP contribution in [0.3, 0.4) is 0 Å². The van der Waals surface area contributed by atoms with Crippen LogP contribution in [-0.4, -0.2) is 0 Å². The molecule has 0 spiro atoms. The molecule has 0 fully saturated rings. The maximum Gasteiger partial charge on any atom is 0.0369 e. The molecule has 2 heteroatoms. The minimum Gasteiger partial charge on any atom is -0.135 e. The lowest BCUT2D eigenvalue weighted by molar-refractivity contribution is 1.63. The van der Waals surface area contributed by atoms with E-state index in [1.807, 2.05) is 22.7 Å². The van der Waals surface area contributed by atoms with E-state index in [0.29, 0.717) is 0 Å². The SMILES string of the molecule is c1cc(-c2ccc3c(c2)sc2cc4sc5ccccc5c4cc23)cc(-c2c3ccccc3c(-c3ccc4ccccc4c3)c3ccccc23)c1. The predicted octanol–water partition coefficient (Wildman–Crippen LogP) is 14.9. The normalized spacial score (nSPS) is 12.0. The Morgan fingerprint density at radius 3 is 1.46 bits per heavy atom. The molecule has 9 aromatic carbocycles. The van der Waals surface area contributed by atoms with E-state index in [-0.39, 0.29) is 0 Å². The summed E-state index contributed by atoms with van der Waals surface area (Å²) in [6.45, 7) is 0. The fraction of sp³-hybridized carbons (Fsp3) is 0. The van der Waals surface area contributed by atoms with Crippen LogP contribution >= 0.6 is 22.7 Å². The zero-order chi connectivity index (χ0) is 32.8. The largest absolute Gasteiger partial charge is 0.135 e. The highest BCUT2D eigenvalue weighted by atomic mass is 32.1. The quantitative estimate of drug-likeness (QED) is 0.164. The molecule has 11 aromatic rings. The molecule has 0 N–H and O–H groups in total. The first-order valence-electron chi connectivity index (χ1n) is 17.1. The highest BCUT2D eigenvalue weighted by Gasteiger charge is 2.18. The Balaban J connectivity index is 1.08. The smallest absolute Gasteiger partial charge is 0.0369 e. The van der Waals surface area contributed by atoms with Crippen LogP contribution in [0.4, 0.5) is 0 Å². The maximum atomic E-state index is 2.42. The van der Waals surface area contributed by atoms with Crippen molar-refractivity contribution in [2.24, 2.45) is 0 Å². The number of benzene rings is 9. The molecule has 0 aliphatic rings. The van der Waals surface area contributed by atoms with E-state index < -0.39 is 0 Å². The van der Waals surface area contributed by atoms with Crippen LogP contribution < -0.4 is 0 Å². The van der Waals surface area contributed by atoms with Crippen molar-refractivity contribution in [3.05, 3.63) is 170 Å². The predicted molar refractivity (Wildman–Crippen MR) is 221 cm³/mol. The van der Waals surface area contributed by atoms with Gasteiger partial charge < -0.3 is 0 Å². The Bertz CT molecular complexity index is 3100. The van der Waals surface area contributed by atoms with Gasteiger partial charge in [-0.3, -0.25) is 0 Å². The first-order valence-corrected chi connectivity index (χ1v) is 18.7. The molecule has 0 amide bonds. The number of rotatable bonds is 3. The van der Waals surface area contributed by atoms with Gasteiger partial charge in [0, 0.05) is 40.3 Å². The van der Waals surface area contributed by atoms with Crippen molar-refractivity contribution in [2.45, 2.75) is 0 Å². The summed E-state index contributed by atoms with van der Waals surface area (Å²) in [7, 11) is 0. The summed E-state index contributed by atoms with van der Waals surface area (Å²) >= 11 is 3.80. The van der Waals surface area contributed by atoms with Crippen molar-refractivity contribution in [1.82, 2.24) is 0 Å². The lowest BCUT2D eigenvalue weighted by Gasteiger charge is -2.18. The molecular formula is C48H28S2. The fourth-order valence-electron chi connectivity index (χ4n) is 8.12. The maximum absolute atomic E-state index is 2.42. The summed E-state index contributed by atoms with van der Waals surface area (Å²) in [6, 6.07) is 63.2. The third-order valence-corrected chi connectivity index (χ3v) is 12.7. The van der Waals surface area contributed by atoms with Gasteiger partial charge in [-0.15, -0.1) is 22.7 Å². The second-order valence-corrected chi connectivity index (χ2v) is 15.4. The van der Waals surface area contributed by atoms with Crippen LogP contribution in [0.1, 0.15) is 0 Å². The van der Waals surface area contributed by atoms with E-state index in [4.69, 9.17) is 0 Å². The molecule has 232 valence electrons. The van der Waals surface area contributed by atoms with Crippen LogP contribution in [0.15, 0.2) is 170 Å². The Morgan fingerprint density at radius 1 is 0.240 bits per heavy atom. The van der Waals surface area contributed by atoms with Crippen LogP contribution in [-0.2, 0) is 0 Å². The second-order valence-electron chi connectivity index (χ2n) is 13.2. The standard InChI is InChI=1S/C48H28S2/c1-2-11-30-24-34(21-20-29(30)10-1)48-39-17-5-3-15-37(39)47(38-16-4-6-18-40(38)48)33-13-9-12-31(25-33)32-22-23-36-42-27-41-35-14-7-8-19-43(35)49-45(41)28-46(42)50-44(36)26-32/h1-28H. The molecule has 0 bridgehead atoms. The molecule has 0 aliphatic carbocycles. The van der Waals surface area contributed by atoms with E-state index in [9.17, 15) is 0 Å². The Kier molecular flexibility index (Phi) is 6.09. The summed E-state index contributed by atoms with van der Waals surface area (Å²) in [6.07, 6.45) is 0. The van der Waals surface area contributed by atoms with Crippen molar-refractivity contribution < 1.29 is 0 Å². The molecule has 2 heterocycles. The Morgan fingerprint density at radius 2 is 0.740 bits per heavy atom. The van der Waals surface area contributed by atoms with Crippen LogP contribution in [0.5, 0.6) is 0 Å². The molecule has 0 radical (unpaired) electrons. The lowest BCUT2D eigenvalue weighted by atomic mass is 9.85. The third-order valence-electron chi connectivity index (χ3n) is 10.4. The molecule has 0 atom stereocenters. The van der Waals surface area contributed by atoms with Crippen molar-refractivity contribution in [2.75, 3.05) is 0 Å². The average Bonchev–Trinajstić information content (AvgIpc) is 3.72. The third kappa shape index (κ3) is 4.23. The lowest BCUT2D eigenvalue weighted by Crippen LogP contribution is -1.91. The summed E-state index contributed by atoms with van der Waals surface area (Å²) in [5, 5.41) is 13.0. The van der Waals surface area contributed by atoms with Crippen molar-refractivity contribution in [1.29, 1.82) is 0 Å². The number of thiophene rings is 2. The summed E-state index contributed by atoms with van der Waals surface area (Å²) in [5.74, 6) is 0. The van der Waals surface area contributed by atoms with Gasteiger partial charge in [0.15, 0.2) is 0 Å². The molecule has 11 rings (SSSR count). The van der Waals surface area contributed by atoms with E-state index in [0.717, 1.165) is 0 Å². The minimum absolute atomic E-state index is 1.24. The van der Waals surface area contributed by atoms with Gasteiger partial charge in [0.1, 0.15) is 0 Å². The zero-order valence-electron chi connectivity index (χ0n) is 27.0. The Hall–Kier alpha value is -5.80. The molecule has 0 nitrogen and oxygen atoms in total. The molecule has 50 heavy (non-hydrogen) atoms. The molecule has 0 saturated carbocycles. The zero-order valence-corrected chi connectivity index (χ0v) is 28.6. The van der Waals surface area contributed by atoms with Crippen molar-refractivity contribution >= 4 is 95.3 Å². The average molecular weight is 669 g/mol. The van der Waals surface area contributed by atoms with Crippen molar-refractivity contribution in [3.63, 3.8) is 0 Å². The van der Waals surface area contributed by atoms with Gasteiger partial charge in [0.25, 0.3) is 0 Å². The molecule has 2 aromatic heterocycles. The summed E-state index contributed by atoms with van der Waals surface area (Å²) < 4.78 is 5.41. The minimum atomic E-state index is 1.24. The monoisotopic (exact) mass is 668 g/mol. The first-order chi connectivity index (χ1) is 24.8. The van der Waals surface area contributed by atoms with Gasteiger partial charge in [0.05, 0.1) is 0 Å². The van der Waals surface area contributed by atoms with Gasteiger partial charge in [0.2, 0.25) is 0 Å². The second kappa shape index (κ2) is 10.9. The number of hydrogen-bond acceptors (Lipinski definition) is 2. The molecule has 0 saturated heterocycles. The van der Waals surface area contributed by atoms with Gasteiger partial charge >= 0.3 is 0 Å².